The number of hydrogen-bond acceptors (Lipinski definition) is 5. The Hall–Kier alpha value is -2.57. The van der Waals surface area contributed by atoms with E-state index in [1.165, 1.54) is 22.9 Å². The second-order valence-electron chi connectivity index (χ2n) is 4.35. The van der Waals surface area contributed by atoms with Gasteiger partial charge < -0.3 is 15.0 Å². The Kier molecular flexibility index (Phi) is 4.19. The smallest absolute Gasteiger partial charge is 0.326 e. The van der Waals surface area contributed by atoms with Crippen molar-refractivity contribution in [2.75, 3.05) is 12.3 Å². The molecule has 0 saturated heterocycles. The molecule has 0 aliphatic heterocycles. The third-order valence-corrected chi connectivity index (χ3v) is 2.85. The van der Waals surface area contributed by atoms with E-state index in [-0.39, 0.29) is 18.7 Å². The first-order chi connectivity index (χ1) is 9.56. The molecule has 0 amide bonds. The summed E-state index contributed by atoms with van der Waals surface area (Å²) in [6, 6.07) is 4.67. The van der Waals surface area contributed by atoms with Crippen LogP contribution in [0.25, 0.3) is 0 Å². The van der Waals surface area contributed by atoms with Crippen LogP contribution in [0.5, 0.6) is 0 Å². The number of carbonyl (C=O) groups is 1. The van der Waals surface area contributed by atoms with Crippen LogP contribution in [0, 0.1) is 0 Å². The number of aromatic nitrogens is 3. The van der Waals surface area contributed by atoms with E-state index in [9.17, 15) is 9.59 Å². The van der Waals surface area contributed by atoms with Gasteiger partial charge in [0, 0.05) is 43.3 Å². The SMILES string of the molecule is Cn1nccc1CCOC(=O)Cn1cc(N)ccc1=O. The van der Waals surface area contributed by atoms with Gasteiger partial charge >= 0.3 is 5.97 Å². The Balaban J connectivity index is 1.85. The van der Waals surface area contributed by atoms with Crippen LogP contribution in [-0.2, 0) is 29.5 Å². The summed E-state index contributed by atoms with van der Waals surface area (Å²) in [6.45, 7) is 0.102. The molecule has 0 radical (unpaired) electrons. The highest BCUT2D eigenvalue weighted by molar-refractivity contribution is 5.69. The summed E-state index contributed by atoms with van der Waals surface area (Å²) in [5, 5.41) is 4.02. The van der Waals surface area contributed by atoms with Gasteiger partial charge in [-0.25, -0.2) is 0 Å². The molecular weight excluding hydrogens is 260 g/mol. The number of anilines is 1. The van der Waals surface area contributed by atoms with Gasteiger partial charge in [0.2, 0.25) is 0 Å². The molecule has 0 aromatic carbocycles. The molecule has 2 N–H and O–H groups in total. The Labute approximate surface area is 115 Å². The predicted octanol–water partition coefficient (Wildman–Crippen LogP) is -0.0501. The first kappa shape index (κ1) is 13.9. The van der Waals surface area contributed by atoms with E-state index in [4.69, 9.17) is 10.5 Å². The van der Waals surface area contributed by atoms with E-state index < -0.39 is 5.97 Å². The zero-order valence-corrected chi connectivity index (χ0v) is 11.2. The normalized spacial score (nSPS) is 10.4. The number of aryl methyl sites for hydroxylation is 1. The number of ether oxygens (including phenoxy) is 1. The van der Waals surface area contributed by atoms with Gasteiger partial charge in [-0.1, -0.05) is 0 Å². The molecule has 106 valence electrons. The van der Waals surface area contributed by atoms with Crippen LogP contribution in [0.4, 0.5) is 5.69 Å². The lowest BCUT2D eigenvalue weighted by Gasteiger charge is -2.07. The number of rotatable bonds is 5. The van der Waals surface area contributed by atoms with Gasteiger partial charge in [-0.3, -0.25) is 14.3 Å². The largest absolute Gasteiger partial charge is 0.464 e. The topological polar surface area (TPSA) is 92.1 Å². The van der Waals surface area contributed by atoms with Crippen LogP contribution in [0.2, 0.25) is 0 Å². The minimum atomic E-state index is -0.472. The molecule has 0 unspecified atom stereocenters. The summed E-state index contributed by atoms with van der Waals surface area (Å²) in [7, 11) is 1.82. The van der Waals surface area contributed by atoms with Crippen molar-refractivity contribution in [3.63, 3.8) is 0 Å². The van der Waals surface area contributed by atoms with E-state index in [1.807, 2.05) is 13.1 Å². The van der Waals surface area contributed by atoms with Crippen molar-refractivity contribution in [1.29, 1.82) is 0 Å². The number of carbonyl (C=O) groups excluding carboxylic acids is 1. The molecule has 0 spiro atoms. The van der Waals surface area contributed by atoms with Crippen molar-refractivity contribution in [2.24, 2.45) is 7.05 Å². The van der Waals surface area contributed by atoms with Crippen molar-refractivity contribution in [3.8, 4) is 0 Å². The minimum Gasteiger partial charge on any atom is -0.464 e. The fourth-order valence-corrected chi connectivity index (χ4v) is 1.77. The standard InChI is InChI=1S/C13H16N4O3/c1-16-11(4-6-15-16)5-7-20-13(19)9-17-8-10(14)2-3-12(17)18/h2-4,6,8H,5,7,9,14H2,1H3. The highest BCUT2D eigenvalue weighted by atomic mass is 16.5. The predicted molar refractivity (Wildman–Crippen MR) is 73.0 cm³/mol. The summed E-state index contributed by atoms with van der Waals surface area (Å²) >= 11 is 0. The molecule has 7 heteroatoms. The minimum absolute atomic E-state index is 0.144. The van der Waals surface area contributed by atoms with Crippen molar-refractivity contribution in [1.82, 2.24) is 14.3 Å². The summed E-state index contributed by atoms with van der Waals surface area (Å²) in [6.07, 6.45) is 3.68. The zero-order chi connectivity index (χ0) is 14.5. The molecule has 20 heavy (non-hydrogen) atoms. The van der Waals surface area contributed by atoms with Gasteiger partial charge in [0.25, 0.3) is 5.56 Å². The maximum absolute atomic E-state index is 11.6. The number of nitrogen functional groups attached to an aromatic ring is 1. The average molecular weight is 276 g/mol. The lowest BCUT2D eigenvalue weighted by molar-refractivity contribution is -0.144. The molecule has 0 aliphatic rings. The van der Waals surface area contributed by atoms with Gasteiger partial charge in [-0.2, -0.15) is 5.10 Å². The van der Waals surface area contributed by atoms with Crippen molar-refractivity contribution >= 4 is 11.7 Å². The van der Waals surface area contributed by atoms with E-state index in [0.717, 1.165) is 5.69 Å². The Bertz CT molecular complexity index is 660. The molecule has 2 rings (SSSR count). The molecule has 0 atom stereocenters. The lowest BCUT2D eigenvalue weighted by Crippen LogP contribution is -2.25. The third-order valence-electron chi connectivity index (χ3n) is 2.85. The summed E-state index contributed by atoms with van der Waals surface area (Å²) in [4.78, 5) is 23.1. The average Bonchev–Trinajstić information content (AvgIpc) is 2.80. The molecule has 2 heterocycles. The van der Waals surface area contributed by atoms with Crippen LogP contribution in [0.15, 0.2) is 35.4 Å². The molecule has 0 saturated carbocycles. The number of nitrogens with two attached hydrogens (primary N) is 1. The van der Waals surface area contributed by atoms with Crippen molar-refractivity contribution in [2.45, 2.75) is 13.0 Å². The number of nitrogens with zero attached hydrogens (tertiary/aromatic N) is 3. The van der Waals surface area contributed by atoms with E-state index in [0.29, 0.717) is 12.1 Å². The molecular formula is C13H16N4O3. The Morgan fingerprint density at radius 2 is 2.20 bits per heavy atom. The first-order valence-corrected chi connectivity index (χ1v) is 6.15. The summed E-state index contributed by atoms with van der Waals surface area (Å²) in [5.74, 6) is -0.472. The van der Waals surface area contributed by atoms with E-state index >= 15 is 0 Å². The highest BCUT2D eigenvalue weighted by Crippen LogP contribution is 1.99. The van der Waals surface area contributed by atoms with Crippen LogP contribution in [0.3, 0.4) is 0 Å². The monoisotopic (exact) mass is 276 g/mol. The fraction of sp³-hybridized carbons (Fsp3) is 0.308. The molecule has 0 bridgehead atoms. The van der Waals surface area contributed by atoms with Gasteiger partial charge in [0.05, 0.1) is 6.61 Å². The summed E-state index contributed by atoms with van der Waals surface area (Å²) < 4.78 is 8.03. The lowest BCUT2D eigenvalue weighted by atomic mass is 10.3. The van der Waals surface area contributed by atoms with Crippen LogP contribution >= 0.6 is 0 Å². The van der Waals surface area contributed by atoms with Crippen LogP contribution in [0.1, 0.15) is 5.69 Å². The molecule has 0 aliphatic carbocycles. The van der Waals surface area contributed by atoms with Gasteiger partial charge in [0.1, 0.15) is 6.54 Å². The van der Waals surface area contributed by atoms with E-state index in [1.54, 1.807) is 10.9 Å². The summed E-state index contributed by atoms with van der Waals surface area (Å²) in [5.41, 5.74) is 6.67. The van der Waals surface area contributed by atoms with Crippen molar-refractivity contribution in [3.05, 3.63) is 46.6 Å². The highest BCUT2D eigenvalue weighted by Gasteiger charge is 2.07. The second-order valence-corrected chi connectivity index (χ2v) is 4.35. The molecule has 2 aromatic rings. The van der Waals surface area contributed by atoms with Gasteiger partial charge in [-0.15, -0.1) is 0 Å². The van der Waals surface area contributed by atoms with Gasteiger partial charge in [-0.05, 0) is 12.1 Å². The zero-order valence-electron chi connectivity index (χ0n) is 11.2. The van der Waals surface area contributed by atoms with Crippen LogP contribution < -0.4 is 11.3 Å². The van der Waals surface area contributed by atoms with Crippen molar-refractivity contribution < 1.29 is 9.53 Å². The third kappa shape index (κ3) is 3.47. The maximum Gasteiger partial charge on any atom is 0.326 e. The molecule has 7 nitrogen and oxygen atoms in total. The second kappa shape index (κ2) is 6.05. The van der Waals surface area contributed by atoms with E-state index in [2.05, 4.69) is 5.10 Å². The number of pyridine rings is 1. The molecule has 2 aromatic heterocycles. The number of hydrogen-bond donors (Lipinski definition) is 1. The first-order valence-electron chi connectivity index (χ1n) is 6.15. The Morgan fingerprint density at radius 3 is 2.90 bits per heavy atom. The number of esters is 1. The van der Waals surface area contributed by atoms with Crippen LogP contribution in [-0.4, -0.2) is 26.9 Å². The molecule has 0 fully saturated rings. The van der Waals surface area contributed by atoms with Gasteiger partial charge in [0.15, 0.2) is 0 Å². The quantitative estimate of drug-likeness (QED) is 0.773. The fourth-order valence-electron chi connectivity index (χ4n) is 1.77. The Morgan fingerprint density at radius 1 is 1.40 bits per heavy atom. The maximum atomic E-state index is 11.6.